The summed E-state index contributed by atoms with van der Waals surface area (Å²) in [5.41, 5.74) is 0.974. The van der Waals surface area contributed by atoms with Crippen molar-refractivity contribution < 1.29 is 19.4 Å². The molecule has 1 aliphatic rings. The monoisotopic (exact) mass is 237 g/mol. The Morgan fingerprint density at radius 1 is 1.35 bits per heavy atom. The molecule has 2 atom stereocenters. The Bertz CT molecular complexity index is 433. The highest BCUT2D eigenvalue weighted by Gasteiger charge is 2.18. The van der Waals surface area contributed by atoms with Crippen molar-refractivity contribution in [2.75, 3.05) is 6.79 Å². The Labute approximate surface area is 99.3 Å². The summed E-state index contributed by atoms with van der Waals surface area (Å²) in [6.45, 7) is 3.77. The van der Waals surface area contributed by atoms with Crippen LogP contribution in [0.1, 0.15) is 25.5 Å². The molecule has 0 saturated heterocycles. The Balaban J connectivity index is 2.09. The van der Waals surface area contributed by atoms with Crippen LogP contribution in [-0.4, -0.2) is 23.9 Å². The van der Waals surface area contributed by atoms with Gasteiger partial charge in [0.1, 0.15) is 6.04 Å². The SMILES string of the molecule is CC(NC(C)c1ccc2c(c1)OCO2)C(=O)O. The standard InChI is InChI=1S/C12H15NO4/c1-7(13-8(2)12(14)15)9-3-4-10-11(5-9)17-6-16-10/h3-5,7-8,13H,6H2,1-2H3,(H,14,15). The van der Waals surface area contributed by atoms with Gasteiger partial charge in [-0.3, -0.25) is 10.1 Å². The second-order valence-electron chi connectivity index (χ2n) is 4.06. The first kappa shape index (κ1) is 11.7. The van der Waals surface area contributed by atoms with Crippen LogP contribution >= 0.6 is 0 Å². The summed E-state index contributed by atoms with van der Waals surface area (Å²) in [7, 11) is 0. The van der Waals surface area contributed by atoms with Gasteiger partial charge in [-0.15, -0.1) is 0 Å². The highest BCUT2D eigenvalue weighted by Crippen LogP contribution is 2.34. The minimum Gasteiger partial charge on any atom is -0.480 e. The summed E-state index contributed by atoms with van der Waals surface area (Å²) < 4.78 is 10.5. The summed E-state index contributed by atoms with van der Waals surface area (Å²) >= 11 is 0. The van der Waals surface area contributed by atoms with Gasteiger partial charge < -0.3 is 14.6 Å². The van der Waals surface area contributed by atoms with Crippen LogP contribution in [0, 0.1) is 0 Å². The van der Waals surface area contributed by atoms with Gasteiger partial charge in [0.05, 0.1) is 0 Å². The van der Waals surface area contributed by atoms with Crippen LogP contribution in [0.3, 0.4) is 0 Å². The largest absolute Gasteiger partial charge is 0.480 e. The lowest BCUT2D eigenvalue weighted by Crippen LogP contribution is -2.35. The zero-order valence-electron chi connectivity index (χ0n) is 9.77. The van der Waals surface area contributed by atoms with Crippen molar-refractivity contribution in [3.63, 3.8) is 0 Å². The van der Waals surface area contributed by atoms with Crippen molar-refractivity contribution in [2.45, 2.75) is 25.9 Å². The van der Waals surface area contributed by atoms with Gasteiger partial charge in [0.25, 0.3) is 0 Å². The van der Waals surface area contributed by atoms with Crippen LogP contribution in [0.2, 0.25) is 0 Å². The average molecular weight is 237 g/mol. The fraction of sp³-hybridized carbons (Fsp3) is 0.417. The molecule has 2 unspecified atom stereocenters. The van der Waals surface area contributed by atoms with Crippen LogP contribution in [0.25, 0.3) is 0 Å². The lowest BCUT2D eigenvalue weighted by atomic mass is 10.1. The van der Waals surface area contributed by atoms with Crippen LogP contribution < -0.4 is 14.8 Å². The maximum Gasteiger partial charge on any atom is 0.320 e. The molecule has 0 spiro atoms. The van der Waals surface area contributed by atoms with E-state index in [0.717, 1.165) is 11.3 Å². The Hall–Kier alpha value is -1.75. The van der Waals surface area contributed by atoms with Gasteiger partial charge in [-0.25, -0.2) is 0 Å². The third-order valence-corrected chi connectivity index (χ3v) is 2.77. The van der Waals surface area contributed by atoms with E-state index in [0.29, 0.717) is 5.75 Å². The fourth-order valence-electron chi connectivity index (χ4n) is 1.72. The molecular weight excluding hydrogens is 222 g/mol. The van der Waals surface area contributed by atoms with E-state index in [1.165, 1.54) is 0 Å². The highest BCUT2D eigenvalue weighted by atomic mass is 16.7. The third kappa shape index (κ3) is 2.50. The smallest absolute Gasteiger partial charge is 0.320 e. The molecule has 0 saturated carbocycles. The number of rotatable bonds is 4. The number of carboxylic acids is 1. The second kappa shape index (κ2) is 4.63. The second-order valence-corrected chi connectivity index (χ2v) is 4.06. The molecule has 0 fully saturated rings. The third-order valence-electron chi connectivity index (χ3n) is 2.77. The average Bonchev–Trinajstić information content (AvgIpc) is 2.75. The number of nitrogens with one attached hydrogen (secondary N) is 1. The van der Waals surface area contributed by atoms with Crippen molar-refractivity contribution in [1.82, 2.24) is 5.32 Å². The molecule has 5 heteroatoms. The van der Waals surface area contributed by atoms with E-state index in [2.05, 4.69) is 5.32 Å². The fourth-order valence-corrected chi connectivity index (χ4v) is 1.72. The molecule has 1 aromatic carbocycles. The molecule has 1 aliphatic heterocycles. The molecular formula is C12H15NO4. The number of aliphatic carboxylic acids is 1. The summed E-state index contributed by atoms with van der Waals surface area (Å²) in [5.74, 6) is 0.573. The molecule has 0 amide bonds. The topological polar surface area (TPSA) is 67.8 Å². The molecule has 92 valence electrons. The first-order valence-electron chi connectivity index (χ1n) is 5.46. The molecule has 1 heterocycles. The zero-order chi connectivity index (χ0) is 12.4. The number of hydrogen-bond donors (Lipinski definition) is 2. The molecule has 0 aromatic heterocycles. The van der Waals surface area contributed by atoms with Crippen molar-refractivity contribution in [3.05, 3.63) is 23.8 Å². The van der Waals surface area contributed by atoms with E-state index in [1.807, 2.05) is 25.1 Å². The van der Waals surface area contributed by atoms with Gasteiger partial charge in [-0.05, 0) is 31.5 Å². The minimum atomic E-state index is -0.863. The Morgan fingerprint density at radius 2 is 2.06 bits per heavy atom. The van der Waals surface area contributed by atoms with E-state index >= 15 is 0 Å². The maximum absolute atomic E-state index is 10.7. The molecule has 1 aromatic rings. The van der Waals surface area contributed by atoms with Gasteiger partial charge in [0, 0.05) is 6.04 Å². The zero-order valence-corrected chi connectivity index (χ0v) is 9.77. The quantitative estimate of drug-likeness (QED) is 0.831. The molecule has 2 rings (SSSR count). The van der Waals surface area contributed by atoms with E-state index in [-0.39, 0.29) is 12.8 Å². The number of carbonyl (C=O) groups is 1. The molecule has 0 radical (unpaired) electrons. The van der Waals surface area contributed by atoms with E-state index in [4.69, 9.17) is 14.6 Å². The van der Waals surface area contributed by atoms with Gasteiger partial charge >= 0.3 is 5.97 Å². The normalized spacial score (nSPS) is 16.6. The van der Waals surface area contributed by atoms with E-state index < -0.39 is 12.0 Å². The lowest BCUT2D eigenvalue weighted by Gasteiger charge is -2.17. The summed E-state index contributed by atoms with van der Waals surface area (Å²) in [4.78, 5) is 10.7. The molecule has 2 N–H and O–H groups in total. The van der Waals surface area contributed by atoms with Crippen molar-refractivity contribution in [3.8, 4) is 11.5 Å². The van der Waals surface area contributed by atoms with Crippen LogP contribution in [0.15, 0.2) is 18.2 Å². The summed E-state index contributed by atoms with van der Waals surface area (Å²) in [5, 5.41) is 11.8. The summed E-state index contributed by atoms with van der Waals surface area (Å²) in [6.07, 6.45) is 0. The number of ether oxygens (including phenoxy) is 2. The van der Waals surface area contributed by atoms with Crippen LogP contribution in [0.5, 0.6) is 11.5 Å². The Morgan fingerprint density at radius 3 is 2.76 bits per heavy atom. The van der Waals surface area contributed by atoms with Gasteiger partial charge in [0.2, 0.25) is 6.79 Å². The molecule has 5 nitrogen and oxygen atoms in total. The molecule has 0 aliphatic carbocycles. The predicted molar refractivity (Wildman–Crippen MR) is 61.2 cm³/mol. The summed E-state index contributed by atoms with van der Waals surface area (Å²) in [6, 6.07) is 4.96. The van der Waals surface area contributed by atoms with Crippen molar-refractivity contribution in [2.24, 2.45) is 0 Å². The molecule has 17 heavy (non-hydrogen) atoms. The first-order valence-corrected chi connectivity index (χ1v) is 5.46. The van der Waals surface area contributed by atoms with Crippen molar-refractivity contribution >= 4 is 5.97 Å². The maximum atomic E-state index is 10.7. The van der Waals surface area contributed by atoms with Gasteiger partial charge in [0.15, 0.2) is 11.5 Å². The highest BCUT2D eigenvalue weighted by molar-refractivity contribution is 5.72. The van der Waals surface area contributed by atoms with Crippen LogP contribution in [0.4, 0.5) is 0 Å². The minimum absolute atomic E-state index is 0.0596. The Kier molecular flexibility index (Phi) is 3.19. The van der Waals surface area contributed by atoms with E-state index in [9.17, 15) is 4.79 Å². The number of benzene rings is 1. The van der Waals surface area contributed by atoms with Crippen LogP contribution in [-0.2, 0) is 4.79 Å². The number of carboxylic acid groups (broad SMARTS) is 1. The van der Waals surface area contributed by atoms with E-state index in [1.54, 1.807) is 6.92 Å². The predicted octanol–water partition coefficient (Wildman–Crippen LogP) is 1.54. The van der Waals surface area contributed by atoms with Crippen molar-refractivity contribution in [1.29, 1.82) is 0 Å². The van der Waals surface area contributed by atoms with Gasteiger partial charge in [-0.2, -0.15) is 0 Å². The number of fused-ring (bicyclic) bond motifs is 1. The number of hydrogen-bond acceptors (Lipinski definition) is 4. The van der Waals surface area contributed by atoms with Gasteiger partial charge in [-0.1, -0.05) is 6.07 Å². The molecule has 0 bridgehead atoms. The lowest BCUT2D eigenvalue weighted by molar-refractivity contribution is -0.139. The first-order chi connectivity index (χ1) is 8.08.